The molecule has 2 rings (SSSR count). The zero-order chi connectivity index (χ0) is 17.9. The number of aliphatic carboxylic acids is 1. The molecule has 0 heterocycles. The SMILES string of the molecule is Cc1ccc(C[C@H](NC(=O)c2cc(F)cc(F)c2)C(=O)O)cc1C. The van der Waals surface area contributed by atoms with Gasteiger partial charge < -0.3 is 10.4 Å². The number of amides is 1. The van der Waals surface area contributed by atoms with Crippen molar-refractivity contribution in [2.45, 2.75) is 26.3 Å². The lowest BCUT2D eigenvalue weighted by Gasteiger charge is -2.15. The van der Waals surface area contributed by atoms with Crippen LogP contribution in [0.1, 0.15) is 27.0 Å². The summed E-state index contributed by atoms with van der Waals surface area (Å²) >= 11 is 0. The average Bonchev–Trinajstić information content (AvgIpc) is 2.49. The monoisotopic (exact) mass is 333 g/mol. The maximum Gasteiger partial charge on any atom is 0.326 e. The molecular weight excluding hydrogens is 316 g/mol. The van der Waals surface area contributed by atoms with E-state index in [9.17, 15) is 23.5 Å². The smallest absolute Gasteiger partial charge is 0.326 e. The second-order valence-corrected chi connectivity index (χ2v) is 5.65. The Balaban J connectivity index is 2.17. The molecule has 2 aromatic carbocycles. The van der Waals surface area contributed by atoms with Gasteiger partial charge in [0.25, 0.3) is 5.91 Å². The van der Waals surface area contributed by atoms with Crippen LogP contribution in [0.25, 0.3) is 0 Å². The number of carbonyl (C=O) groups is 2. The second-order valence-electron chi connectivity index (χ2n) is 5.65. The third-order valence-corrected chi connectivity index (χ3v) is 3.74. The molecule has 0 aliphatic heterocycles. The number of rotatable bonds is 5. The molecule has 1 atom stereocenters. The Morgan fingerprint density at radius 1 is 1.04 bits per heavy atom. The highest BCUT2D eigenvalue weighted by Crippen LogP contribution is 2.13. The van der Waals surface area contributed by atoms with Crippen LogP contribution in [-0.2, 0) is 11.2 Å². The van der Waals surface area contributed by atoms with Gasteiger partial charge in [-0.2, -0.15) is 0 Å². The first-order valence-electron chi connectivity index (χ1n) is 7.32. The number of halogens is 2. The predicted octanol–water partition coefficient (Wildman–Crippen LogP) is 3.01. The van der Waals surface area contributed by atoms with Crippen LogP contribution in [0.5, 0.6) is 0 Å². The molecule has 126 valence electrons. The highest BCUT2D eigenvalue weighted by Gasteiger charge is 2.22. The van der Waals surface area contributed by atoms with Gasteiger partial charge in [0.05, 0.1) is 0 Å². The summed E-state index contributed by atoms with van der Waals surface area (Å²) in [6.45, 7) is 3.84. The van der Waals surface area contributed by atoms with Crippen LogP contribution < -0.4 is 5.32 Å². The number of carbonyl (C=O) groups excluding carboxylic acids is 1. The minimum atomic E-state index is -1.22. The lowest BCUT2D eigenvalue weighted by atomic mass is 10.0. The molecule has 4 nitrogen and oxygen atoms in total. The van der Waals surface area contributed by atoms with Crippen molar-refractivity contribution in [1.82, 2.24) is 5.32 Å². The first kappa shape index (κ1) is 17.6. The molecule has 6 heteroatoms. The van der Waals surface area contributed by atoms with E-state index in [0.29, 0.717) is 6.07 Å². The molecule has 2 aromatic rings. The van der Waals surface area contributed by atoms with E-state index in [1.807, 2.05) is 26.0 Å². The molecule has 0 radical (unpaired) electrons. The quantitative estimate of drug-likeness (QED) is 0.884. The summed E-state index contributed by atoms with van der Waals surface area (Å²) in [4.78, 5) is 23.5. The van der Waals surface area contributed by atoms with Gasteiger partial charge in [-0.15, -0.1) is 0 Å². The number of carboxylic acid groups (broad SMARTS) is 1. The fraction of sp³-hybridized carbons (Fsp3) is 0.222. The molecule has 0 bridgehead atoms. The van der Waals surface area contributed by atoms with Gasteiger partial charge in [0.1, 0.15) is 17.7 Å². The first-order chi connectivity index (χ1) is 11.3. The Morgan fingerprint density at radius 2 is 1.67 bits per heavy atom. The Hall–Kier alpha value is -2.76. The van der Waals surface area contributed by atoms with Crippen molar-refractivity contribution in [3.8, 4) is 0 Å². The molecule has 0 unspecified atom stereocenters. The number of benzene rings is 2. The van der Waals surface area contributed by atoms with Crippen LogP contribution in [0.15, 0.2) is 36.4 Å². The van der Waals surface area contributed by atoms with Crippen molar-refractivity contribution in [3.63, 3.8) is 0 Å². The van der Waals surface area contributed by atoms with E-state index in [0.717, 1.165) is 28.8 Å². The molecule has 2 N–H and O–H groups in total. The largest absolute Gasteiger partial charge is 0.480 e. The van der Waals surface area contributed by atoms with Gasteiger partial charge in [-0.25, -0.2) is 13.6 Å². The fourth-order valence-electron chi connectivity index (χ4n) is 2.29. The van der Waals surface area contributed by atoms with E-state index < -0.39 is 29.6 Å². The van der Waals surface area contributed by atoms with Crippen molar-refractivity contribution in [1.29, 1.82) is 0 Å². The van der Waals surface area contributed by atoms with Gasteiger partial charge in [-0.05, 0) is 42.7 Å². The predicted molar refractivity (Wildman–Crippen MR) is 84.9 cm³/mol. The van der Waals surface area contributed by atoms with Gasteiger partial charge in [0.15, 0.2) is 0 Å². The molecule has 24 heavy (non-hydrogen) atoms. The lowest BCUT2D eigenvalue weighted by molar-refractivity contribution is -0.139. The van der Waals surface area contributed by atoms with E-state index in [2.05, 4.69) is 5.32 Å². The lowest BCUT2D eigenvalue weighted by Crippen LogP contribution is -2.42. The van der Waals surface area contributed by atoms with Gasteiger partial charge >= 0.3 is 5.97 Å². The molecule has 0 saturated carbocycles. The Morgan fingerprint density at radius 3 is 2.21 bits per heavy atom. The summed E-state index contributed by atoms with van der Waals surface area (Å²) in [7, 11) is 0. The van der Waals surface area contributed by atoms with Crippen LogP contribution in [-0.4, -0.2) is 23.0 Å². The fourth-order valence-corrected chi connectivity index (χ4v) is 2.29. The molecule has 0 aromatic heterocycles. The molecule has 0 spiro atoms. The minimum absolute atomic E-state index is 0.0694. The summed E-state index contributed by atoms with van der Waals surface area (Å²) in [6.07, 6.45) is 0.0694. The highest BCUT2D eigenvalue weighted by atomic mass is 19.1. The molecule has 1 amide bonds. The van der Waals surface area contributed by atoms with Crippen LogP contribution in [0, 0.1) is 25.5 Å². The number of aryl methyl sites for hydroxylation is 2. The normalized spacial score (nSPS) is 11.8. The number of nitrogens with one attached hydrogen (secondary N) is 1. The molecule has 0 saturated heterocycles. The van der Waals surface area contributed by atoms with E-state index in [1.165, 1.54) is 0 Å². The molecule has 0 aliphatic carbocycles. The van der Waals surface area contributed by atoms with E-state index in [-0.39, 0.29) is 12.0 Å². The Bertz CT molecular complexity index is 770. The Kier molecular flexibility index (Phi) is 5.28. The van der Waals surface area contributed by atoms with Crippen LogP contribution in [0.2, 0.25) is 0 Å². The third kappa shape index (κ3) is 4.38. The van der Waals surface area contributed by atoms with Crippen LogP contribution >= 0.6 is 0 Å². The molecule has 0 fully saturated rings. The zero-order valence-corrected chi connectivity index (χ0v) is 13.3. The third-order valence-electron chi connectivity index (χ3n) is 3.74. The number of carboxylic acids is 1. The highest BCUT2D eigenvalue weighted by molar-refractivity contribution is 5.96. The Labute approximate surface area is 138 Å². The summed E-state index contributed by atoms with van der Waals surface area (Å²) in [5.41, 5.74) is 2.56. The van der Waals surface area contributed by atoms with Crippen molar-refractivity contribution in [2.75, 3.05) is 0 Å². The van der Waals surface area contributed by atoms with Crippen molar-refractivity contribution in [2.24, 2.45) is 0 Å². The van der Waals surface area contributed by atoms with Crippen LogP contribution in [0.4, 0.5) is 8.78 Å². The molecular formula is C18H17F2NO3. The van der Waals surface area contributed by atoms with Gasteiger partial charge in [-0.3, -0.25) is 4.79 Å². The van der Waals surface area contributed by atoms with Gasteiger partial charge in [0.2, 0.25) is 0 Å². The number of hydrogen-bond donors (Lipinski definition) is 2. The maximum absolute atomic E-state index is 13.2. The minimum Gasteiger partial charge on any atom is -0.480 e. The summed E-state index contributed by atoms with van der Waals surface area (Å²) in [6, 6.07) is 6.64. The first-order valence-corrected chi connectivity index (χ1v) is 7.32. The van der Waals surface area contributed by atoms with E-state index >= 15 is 0 Å². The average molecular weight is 333 g/mol. The summed E-state index contributed by atoms with van der Waals surface area (Å²) in [5, 5.41) is 11.6. The van der Waals surface area contributed by atoms with Crippen molar-refractivity contribution in [3.05, 3.63) is 70.3 Å². The van der Waals surface area contributed by atoms with Gasteiger partial charge in [0, 0.05) is 18.1 Å². The van der Waals surface area contributed by atoms with Crippen molar-refractivity contribution >= 4 is 11.9 Å². The second kappa shape index (κ2) is 7.21. The van der Waals surface area contributed by atoms with E-state index in [1.54, 1.807) is 6.07 Å². The van der Waals surface area contributed by atoms with Crippen LogP contribution in [0.3, 0.4) is 0 Å². The van der Waals surface area contributed by atoms with E-state index in [4.69, 9.17) is 0 Å². The standard InChI is InChI=1S/C18H17F2NO3/c1-10-3-4-12(5-11(10)2)6-16(18(23)24)21-17(22)13-7-14(19)9-15(20)8-13/h3-5,7-9,16H,6H2,1-2H3,(H,21,22)(H,23,24)/t16-/m0/s1. The number of hydrogen-bond acceptors (Lipinski definition) is 2. The zero-order valence-electron chi connectivity index (χ0n) is 13.3. The molecule has 0 aliphatic rings. The summed E-state index contributed by atoms with van der Waals surface area (Å²) < 4.78 is 26.4. The van der Waals surface area contributed by atoms with Crippen molar-refractivity contribution < 1.29 is 23.5 Å². The van der Waals surface area contributed by atoms with Gasteiger partial charge in [-0.1, -0.05) is 18.2 Å². The maximum atomic E-state index is 13.2. The summed E-state index contributed by atoms with van der Waals surface area (Å²) in [5.74, 6) is -3.87. The topological polar surface area (TPSA) is 66.4 Å².